The lowest BCUT2D eigenvalue weighted by Crippen LogP contribution is -2.44. The molecule has 4 aromatic rings. The first kappa shape index (κ1) is 19.4. The predicted molar refractivity (Wildman–Crippen MR) is 120 cm³/mol. The Morgan fingerprint density at radius 2 is 1.68 bits per heavy atom. The van der Waals surface area contributed by atoms with Crippen molar-refractivity contribution in [1.82, 2.24) is 9.97 Å². The Kier molecular flexibility index (Phi) is 5.18. The van der Waals surface area contributed by atoms with Gasteiger partial charge >= 0.3 is 11.7 Å². The summed E-state index contributed by atoms with van der Waals surface area (Å²) in [6.07, 6.45) is 4.69. The first-order valence-corrected chi connectivity index (χ1v) is 10.5. The third-order valence-corrected chi connectivity index (χ3v) is 5.60. The van der Waals surface area contributed by atoms with Gasteiger partial charge < -0.3 is 0 Å². The predicted octanol–water partition coefficient (Wildman–Crippen LogP) is 4.35. The number of anilines is 1. The van der Waals surface area contributed by atoms with Crippen LogP contribution in [0.25, 0.3) is 11.3 Å². The summed E-state index contributed by atoms with van der Waals surface area (Å²) >= 11 is 5.90. The molecule has 0 aliphatic carbocycles. The zero-order chi connectivity index (χ0) is 21.2. The number of benzene rings is 2. The molecule has 1 aliphatic rings. The molecule has 2 aromatic carbocycles. The van der Waals surface area contributed by atoms with Gasteiger partial charge in [-0.1, -0.05) is 78.3 Å². The van der Waals surface area contributed by atoms with E-state index in [-0.39, 0.29) is 11.9 Å². The summed E-state index contributed by atoms with van der Waals surface area (Å²) in [5.41, 5.74) is 4.69. The highest BCUT2D eigenvalue weighted by Gasteiger charge is 2.41. The molecule has 152 valence electrons. The van der Waals surface area contributed by atoms with Crippen LogP contribution in [0.1, 0.15) is 21.6 Å². The molecule has 5 nitrogen and oxygen atoms in total. The van der Waals surface area contributed by atoms with Gasteiger partial charge in [0.2, 0.25) is 0 Å². The van der Waals surface area contributed by atoms with Crippen molar-refractivity contribution in [2.45, 2.75) is 18.9 Å². The minimum absolute atomic E-state index is 0.00107. The molecular formula is C25H20ClN4O+. The van der Waals surface area contributed by atoms with Crippen LogP contribution in [0.15, 0.2) is 85.2 Å². The SMILES string of the molecule is O=C1C(Cc2ccc(Cl)nc2)Nc2c(Cc3ccccc3)nc(-c3ccccc3)c[n+]21. The molecule has 1 unspecified atom stereocenters. The second kappa shape index (κ2) is 8.28. The van der Waals surface area contributed by atoms with E-state index >= 15 is 0 Å². The van der Waals surface area contributed by atoms with E-state index in [0.717, 1.165) is 33.9 Å². The maximum absolute atomic E-state index is 13.3. The van der Waals surface area contributed by atoms with Crippen molar-refractivity contribution in [3.05, 3.63) is 107 Å². The molecule has 3 heterocycles. The normalized spacial score (nSPS) is 14.9. The largest absolute Gasteiger partial charge is 0.359 e. The maximum atomic E-state index is 13.3. The molecule has 0 bridgehead atoms. The van der Waals surface area contributed by atoms with Crippen molar-refractivity contribution >= 4 is 23.3 Å². The Labute approximate surface area is 185 Å². The minimum atomic E-state index is -0.384. The van der Waals surface area contributed by atoms with Gasteiger partial charge in [-0.25, -0.2) is 14.8 Å². The monoisotopic (exact) mass is 427 g/mol. The second-order valence-electron chi connectivity index (χ2n) is 7.55. The third kappa shape index (κ3) is 4.05. The molecule has 6 heteroatoms. The van der Waals surface area contributed by atoms with Crippen molar-refractivity contribution in [3.63, 3.8) is 0 Å². The molecule has 2 aromatic heterocycles. The summed E-state index contributed by atoms with van der Waals surface area (Å²) in [7, 11) is 0. The summed E-state index contributed by atoms with van der Waals surface area (Å²) in [4.78, 5) is 22.3. The van der Waals surface area contributed by atoms with Crippen molar-refractivity contribution < 1.29 is 9.36 Å². The van der Waals surface area contributed by atoms with Crippen molar-refractivity contribution in [3.8, 4) is 11.3 Å². The molecule has 0 saturated heterocycles. The van der Waals surface area contributed by atoms with Gasteiger partial charge in [-0.2, -0.15) is 4.57 Å². The highest BCUT2D eigenvalue weighted by Crippen LogP contribution is 2.24. The number of nitrogens with zero attached hydrogens (tertiary/aromatic N) is 3. The van der Waals surface area contributed by atoms with E-state index in [4.69, 9.17) is 16.6 Å². The molecule has 31 heavy (non-hydrogen) atoms. The zero-order valence-electron chi connectivity index (χ0n) is 16.7. The Balaban J connectivity index is 1.53. The summed E-state index contributed by atoms with van der Waals surface area (Å²) in [5.74, 6) is 0.749. The quantitative estimate of drug-likeness (QED) is 0.380. The molecule has 1 N–H and O–H groups in total. The van der Waals surface area contributed by atoms with Crippen molar-refractivity contribution in [2.24, 2.45) is 0 Å². The van der Waals surface area contributed by atoms with E-state index in [1.165, 1.54) is 0 Å². The summed E-state index contributed by atoms with van der Waals surface area (Å²) in [6, 6.07) is 23.3. The van der Waals surface area contributed by atoms with Gasteiger partial charge in [0.1, 0.15) is 22.7 Å². The molecule has 1 atom stereocenters. The van der Waals surface area contributed by atoms with Crippen LogP contribution >= 0.6 is 11.6 Å². The number of pyridine rings is 1. The molecule has 1 aliphatic heterocycles. The lowest BCUT2D eigenvalue weighted by Gasteiger charge is -2.07. The Morgan fingerprint density at radius 3 is 2.39 bits per heavy atom. The van der Waals surface area contributed by atoms with Gasteiger partial charge in [-0.15, -0.1) is 0 Å². The molecular weight excluding hydrogens is 408 g/mol. The van der Waals surface area contributed by atoms with Gasteiger partial charge in [0.25, 0.3) is 0 Å². The van der Waals surface area contributed by atoms with E-state index < -0.39 is 0 Å². The number of fused-ring (bicyclic) bond motifs is 1. The number of nitrogens with one attached hydrogen (secondary N) is 1. The standard InChI is InChI=1S/C25H19ClN4O/c26-23-12-11-18(15-27-23)14-21-25(31)30-16-22(19-9-5-2-6-10-19)28-20(24(30)29-21)13-17-7-3-1-4-8-17/h1-12,15-16,21H,13-14H2/p+1. The van der Waals surface area contributed by atoms with Crippen LogP contribution in [0.3, 0.4) is 0 Å². The Hall–Kier alpha value is -3.57. The van der Waals surface area contributed by atoms with E-state index in [2.05, 4.69) is 22.4 Å². The van der Waals surface area contributed by atoms with Crippen molar-refractivity contribution in [1.29, 1.82) is 0 Å². The molecule has 0 radical (unpaired) electrons. The molecule has 5 rings (SSSR count). The number of aromatic nitrogens is 3. The van der Waals surface area contributed by atoms with Crippen LogP contribution in [-0.2, 0) is 12.8 Å². The van der Waals surface area contributed by atoms with Crippen LogP contribution in [0.2, 0.25) is 5.15 Å². The van der Waals surface area contributed by atoms with Crippen LogP contribution in [0, 0.1) is 0 Å². The summed E-state index contributed by atoms with van der Waals surface area (Å²) in [6.45, 7) is 0. The lowest BCUT2D eigenvalue weighted by molar-refractivity contribution is -0.552. The first-order valence-electron chi connectivity index (χ1n) is 10.1. The Bertz CT molecular complexity index is 1230. The van der Waals surface area contributed by atoms with E-state index in [1.807, 2.05) is 60.8 Å². The topological polar surface area (TPSA) is 58.8 Å². The number of hydrogen-bond acceptors (Lipinski definition) is 4. The fourth-order valence-electron chi connectivity index (χ4n) is 3.84. The lowest BCUT2D eigenvalue weighted by atomic mass is 10.1. The second-order valence-corrected chi connectivity index (χ2v) is 7.94. The average molecular weight is 428 g/mol. The smallest absolute Gasteiger partial charge is 0.258 e. The first-order chi connectivity index (χ1) is 15.2. The molecule has 0 spiro atoms. The van der Waals surface area contributed by atoms with E-state index in [9.17, 15) is 4.79 Å². The molecule has 0 saturated carbocycles. The van der Waals surface area contributed by atoms with Gasteiger partial charge in [0.05, 0.1) is 0 Å². The number of hydrogen-bond donors (Lipinski definition) is 1. The van der Waals surface area contributed by atoms with Crippen LogP contribution < -0.4 is 9.88 Å². The van der Waals surface area contributed by atoms with E-state index in [1.54, 1.807) is 16.8 Å². The fraction of sp³-hybridized carbons (Fsp3) is 0.120. The van der Waals surface area contributed by atoms with Crippen LogP contribution in [0.5, 0.6) is 0 Å². The zero-order valence-corrected chi connectivity index (χ0v) is 17.5. The Morgan fingerprint density at radius 1 is 0.935 bits per heavy atom. The number of halogens is 1. The van der Waals surface area contributed by atoms with Gasteiger partial charge in [-0.3, -0.25) is 5.32 Å². The van der Waals surface area contributed by atoms with Gasteiger partial charge in [0, 0.05) is 24.6 Å². The van der Waals surface area contributed by atoms with E-state index in [0.29, 0.717) is 18.0 Å². The minimum Gasteiger partial charge on any atom is -0.258 e. The average Bonchev–Trinajstić information content (AvgIpc) is 3.12. The number of carbonyl (C=O) groups is 1. The molecule has 0 amide bonds. The fourth-order valence-corrected chi connectivity index (χ4v) is 3.95. The number of carbonyl (C=O) groups excluding carboxylic acids is 1. The highest BCUT2D eigenvalue weighted by atomic mass is 35.5. The van der Waals surface area contributed by atoms with Crippen LogP contribution in [-0.4, -0.2) is 21.9 Å². The third-order valence-electron chi connectivity index (χ3n) is 5.38. The molecule has 0 fully saturated rings. The maximum Gasteiger partial charge on any atom is 0.359 e. The summed E-state index contributed by atoms with van der Waals surface area (Å²) in [5, 5.41) is 3.84. The van der Waals surface area contributed by atoms with Gasteiger partial charge in [-0.05, 0) is 17.2 Å². The number of rotatable bonds is 5. The van der Waals surface area contributed by atoms with Crippen LogP contribution in [0.4, 0.5) is 5.82 Å². The van der Waals surface area contributed by atoms with Gasteiger partial charge in [0.15, 0.2) is 6.04 Å². The highest BCUT2D eigenvalue weighted by molar-refractivity contribution is 6.29. The summed E-state index contributed by atoms with van der Waals surface area (Å²) < 4.78 is 1.71. The van der Waals surface area contributed by atoms with Crippen molar-refractivity contribution in [2.75, 3.05) is 5.32 Å².